The van der Waals surface area contributed by atoms with E-state index >= 15 is 0 Å². The van der Waals surface area contributed by atoms with Gasteiger partial charge in [0, 0.05) is 18.8 Å². The van der Waals surface area contributed by atoms with E-state index in [4.69, 9.17) is 5.73 Å². The molecule has 1 aromatic carbocycles. The number of phenolic OH excluding ortho intramolecular Hbond substituents is 1. The van der Waals surface area contributed by atoms with Gasteiger partial charge in [-0.15, -0.1) is 0 Å². The van der Waals surface area contributed by atoms with Crippen LogP contribution < -0.4 is 11.3 Å². The summed E-state index contributed by atoms with van der Waals surface area (Å²) < 4.78 is 1.44. The number of pyridine rings is 1. The van der Waals surface area contributed by atoms with E-state index in [2.05, 4.69) is 0 Å². The molecular weight excluding hydrogens is 204 g/mol. The maximum atomic E-state index is 11.4. The van der Waals surface area contributed by atoms with Crippen LogP contribution in [0.15, 0.2) is 41.3 Å². The van der Waals surface area contributed by atoms with Gasteiger partial charge in [0.1, 0.15) is 5.75 Å². The summed E-state index contributed by atoms with van der Waals surface area (Å²) in [6.07, 6.45) is 1.71. The lowest BCUT2D eigenvalue weighted by Gasteiger charge is -2.06. The Kier molecular flexibility index (Phi) is 2.40. The molecule has 0 bridgehead atoms. The number of nitrogens with zero attached hydrogens (tertiary/aromatic N) is 1. The summed E-state index contributed by atoms with van der Waals surface area (Å²) in [7, 11) is 1.66. The molecule has 1 heterocycles. The minimum absolute atomic E-state index is 0.206. The molecule has 3 N–H and O–H groups in total. The van der Waals surface area contributed by atoms with Crippen LogP contribution in [0.5, 0.6) is 5.75 Å². The largest absolute Gasteiger partial charge is 0.508 e. The summed E-state index contributed by atoms with van der Waals surface area (Å²) in [6, 6.07) is 8.37. The molecule has 0 fully saturated rings. The minimum Gasteiger partial charge on any atom is -0.508 e. The molecular formula is C12H12N2O2. The molecule has 0 spiro atoms. The van der Waals surface area contributed by atoms with Crippen molar-refractivity contribution < 1.29 is 5.11 Å². The zero-order chi connectivity index (χ0) is 11.7. The van der Waals surface area contributed by atoms with Crippen molar-refractivity contribution in [3.8, 4) is 16.9 Å². The van der Waals surface area contributed by atoms with Gasteiger partial charge < -0.3 is 15.4 Å². The number of aromatic hydroxyl groups is 1. The van der Waals surface area contributed by atoms with Crippen molar-refractivity contribution in [3.63, 3.8) is 0 Å². The maximum absolute atomic E-state index is 11.4. The monoisotopic (exact) mass is 216 g/mol. The van der Waals surface area contributed by atoms with Gasteiger partial charge in [-0.2, -0.15) is 0 Å². The molecule has 0 saturated heterocycles. The van der Waals surface area contributed by atoms with Crippen molar-refractivity contribution >= 4 is 5.69 Å². The SMILES string of the molecule is Cn1cc(-c2ccc(O)cc2)cc(N)c1=O. The van der Waals surface area contributed by atoms with Gasteiger partial charge in [-0.25, -0.2) is 0 Å². The Labute approximate surface area is 92.6 Å². The molecule has 0 amide bonds. The molecule has 82 valence electrons. The fraction of sp³-hybridized carbons (Fsp3) is 0.0833. The van der Waals surface area contributed by atoms with Gasteiger partial charge >= 0.3 is 0 Å². The molecule has 16 heavy (non-hydrogen) atoms. The van der Waals surface area contributed by atoms with Crippen molar-refractivity contribution in [2.45, 2.75) is 0 Å². The molecule has 0 unspecified atom stereocenters. The number of aryl methyl sites for hydroxylation is 1. The predicted molar refractivity (Wildman–Crippen MR) is 63.2 cm³/mol. The lowest BCUT2D eigenvalue weighted by Crippen LogP contribution is -2.19. The summed E-state index contributed by atoms with van der Waals surface area (Å²) in [6.45, 7) is 0. The molecule has 2 rings (SSSR count). The summed E-state index contributed by atoms with van der Waals surface area (Å²) in [4.78, 5) is 11.4. The topological polar surface area (TPSA) is 68.2 Å². The first-order chi connectivity index (χ1) is 7.58. The van der Waals surface area contributed by atoms with Gasteiger partial charge in [-0.1, -0.05) is 12.1 Å². The van der Waals surface area contributed by atoms with E-state index in [0.717, 1.165) is 11.1 Å². The Balaban J connectivity index is 2.57. The van der Waals surface area contributed by atoms with Crippen LogP contribution in [0.4, 0.5) is 5.69 Å². The first-order valence-corrected chi connectivity index (χ1v) is 4.83. The summed E-state index contributed by atoms with van der Waals surface area (Å²) >= 11 is 0. The predicted octanol–water partition coefficient (Wildman–Crippen LogP) is 1.34. The molecule has 0 aliphatic heterocycles. The van der Waals surface area contributed by atoms with Crippen LogP contribution in [0.1, 0.15) is 0 Å². The molecule has 2 aromatic rings. The van der Waals surface area contributed by atoms with Crippen LogP contribution >= 0.6 is 0 Å². The second-order valence-electron chi connectivity index (χ2n) is 3.65. The zero-order valence-electron chi connectivity index (χ0n) is 8.84. The highest BCUT2D eigenvalue weighted by Gasteiger charge is 2.03. The van der Waals surface area contributed by atoms with E-state index < -0.39 is 0 Å². The van der Waals surface area contributed by atoms with Crippen molar-refractivity contribution in [3.05, 3.63) is 46.9 Å². The number of nitrogen functional groups attached to an aromatic ring is 1. The van der Waals surface area contributed by atoms with Crippen molar-refractivity contribution in [1.82, 2.24) is 4.57 Å². The third kappa shape index (κ3) is 1.77. The Hall–Kier alpha value is -2.23. The second-order valence-corrected chi connectivity index (χ2v) is 3.65. The second kappa shape index (κ2) is 3.73. The molecule has 0 aliphatic rings. The molecule has 4 heteroatoms. The summed E-state index contributed by atoms with van der Waals surface area (Å²) in [5.41, 5.74) is 7.37. The van der Waals surface area contributed by atoms with Crippen molar-refractivity contribution in [1.29, 1.82) is 0 Å². The average Bonchev–Trinajstić information content (AvgIpc) is 2.26. The van der Waals surface area contributed by atoms with Gasteiger partial charge in [-0.05, 0) is 23.8 Å². The molecule has 0 saturated carbocycles. The van der Waals surface area contributed by atoms with Crippen LogP contribution in [0, 0.1) is 0 Å². The third-order valence-corrected chi connectivity index (χ3v) is 2.41. The van der Waals surface area contributed by atoms with Gasteiger partial charge in [0.15, 0.2) is 0 Å². The first-order valence-electron chi connectivity index (χ1n) is 4.83. The maximum Gasteiger partial charge on any atom is 0.273 e. The quantitative estimate of drug-likeness (QED) is 0.755. The highest BCUT2D eigenvalue weighted by atomic mass is 16.3. The van der Waals surface area contributed by atoms with E-state index in [1.165, 1.54) is 4.57 Å². The number of benzene rings is 1. The van der Waals surface area contributed by atoms with E-state index in [9.17, 15) is 9.90 Å². The molecule has 1 aromatic heterocycles. The first kappa shape index (κ1) is 10.3. The van der Waals surface area contributed by atoms with Crippen LogP contribution in [0.3, 0.4) is 0 Å². The number of aromatic nitrogens is 1. The van der Waals surface area contributed by atoms with Crippen LogP contribution in [-0.4, -0.2) is 9.67 Å². The fourth-order valence-electron chi connectivity index (χ4n) is 1.55. The van der Waals surface area contributed by atoms with Gasteiger partial charge in [-0.3, -0.25) is 4.79 Å². The lowest BCUT2D eigenvalue weighted by atomic mass is 10.1. The van der Waals surface area contributed by atoms with Crippen molar-refractivity contribution in [2.24, 2.45) is 7.05 Å². The summed E-state index contributed by atoms with van der Waals surface area (Å²) in [5.74, 6) is 0.210. The standard InChI is InChI=1S/C12H12N2O2/c1-14-7-9(6-11(13)12(14)16)8-2-4-10(15)5-3-8/h2-7,15H,13H2,1H3. The zero-order valence-corrected chi connectivity index (χ0v) is 8.84. The number of nitrogens with two attached hydrogens (primary N) is 1. The molecule has 0 aliphatic carbocycles. The van der Waals surface area contributed by atoms with E-state index in [1.807, 2.05) is 0 Å². The van der Waals surface area contributed by atoms with Crippen LogP contribution in [-0.2, 0) is 7.05 Å². The van der Waals surface area contributed by atoms with E-state index in [-0.39, 0.29) is 17.0 Å². The third-order valence-electron chi connectivity index (χ3n) is 2.41. The number of anilines is 1. The molecule has 4 nitrogen and oxygen atoms in total. The van der Waals surface area contributed by atoms with Gasteiger partial charge in [0.25, 0.3) is 5.56 Å². The Morgan fingerprint density at radius 1 is 1.19 bits per heavy atom. The number of hydrogen-bond donors (Lipinski definition) is 2. The van der Waals surface area contributed by atoms with E-state index in [1.54, 1.807) is 43.6 Å². The highest BCUT2D eigenvalue weighted by Crippen LogP contribution is 2.21. The molecule has 0 radical (unpaired) electrons. The smallest absolute Gasteiger partial charge is 0.273 e. The van der Waals surface area contributed by atoms with E-state index in [0.29, 0.717) is 0 Å². The summed E-state index contributed by atoms with van der Waals surface area (Å²) in [5, 5.41) is 9.18. The Morgan fingerprint density at radius 2 is 1.81 bits per heavy atom. The van der Waals surface area contributed by atoms with Gasteiger partial charge in [0.05, 0.1) is 5.69 Å². The highest BCUT2D eigenvalue weighted by molar-refractivity contribution is 5.66. The average molecular weight is 216 g/mol. The number of rotatable bonds is 1. The number of phenols is 1. The van der Waals surface area contributed by atoms with Crippen LogP contribution in [0.25, 0.3) is 11.1 Å². The Morgan fingerprint density at radius 3 is 2.38 bits per heavy atom. The van der Waals surface area contributed by atoms with Crippen molar-refractivity contribution in [2.75, 3.05) is 5.73 Å². The fourth-order valence-corrected chi connectivity index (χ4v) is 1.55. The van der Waals surface area contributed by atoms with Crippen LogP contribution in [0.2, 0.25) is 0 Å². The number of hydrogen-bond acceptors (Lipinski definition) is 3. The lowest BCUT2D eigenvalue weighted by molar-refractivity contribution is 0.475. The molecule has 0 atom stereocenters. The minimum atomic E-state index is -0.206. The normalized spacial score (nSPS) is 10.3. The Bertz CT molecular complexity index is 544. The van der Waals surface area contributed by atoms with Gasteiger partial charge in [0.2, 0.25) is 0 Å².